The van der Waals surface area contributed by atoms with Crippen molar-refractivity contribution in [3.05, 3.63) is 0 Å². The van der Waals surface area contributed by atoms with Crippen LogP contribution in [0.25, 0.3) is 0 Å². The highest BCUT2D eigenvalue weighted by atomic mass is 32.2. The summed E-state index contributed by atoms with van der Waals surface area (Å²) in [5.41, 5.74) is 0. The molecule has 0 aromatic carbocycles. The van der Waals surface area contributed by atoms with E-state index in [0.29, 0.717) is 0 Å². The molecule has 100 valence electrons. The van der Waals surface area contributed by atoms with Crippen molar-refractivity contribution in [3.8, 4) is 0 Å². The smallest absolute Gasteiger partial charge is 0.00781 e. The Balaban J connectivity index is 1.62. The van der Waals surface area contributed by atoms with Crippen LogP contribution in [-0.4, -0.2) is 23.6 Å². The minimum absolute atomic E-state index is 0.830. The summed E-state index contributed by atoms with van der Waals surface area (Å²) in [5.74, 6) is 3.23. The molecule has 0 radical (unpaired) electrons. The van der Waals surface area contributed by atoms with Gasteiger partial charge >= 0.3 is 0 Å². The molecule has 0 spiro atoms. The zero-order valence-electron chi connectivity index (χ0n) is 11.6. The van der Waals surface area contributed by atoms with Crippen molar-refractivity contribution >= 4 is 11.8 Å². The minimum atomic E-state index is 0.830. The van der Waals surface area contributed by atoms with E-state index < -0.39 is 0 Å². The molecule has 2 saturated carbocycles. The van der Waals surface area contributed by atoms with Crippen LogP contribution in [0, 0.1) is 11.8 Å². The Morgan fingerprint density at radius 2 is 2.00 bits per heavy atom. The van der Waals surface area contributed by atoms with Gasteiger partial charge in [0.1, 0.15) is 0 Å². The number of nitrogens with one attached hydrogen (secondary N) is 1. The van der Waals surface area contributed by atoms with Gasteiger partial charge in [-0.2, -0.15) is 11.8 Å². The lowest BCUT2D eigenvalue weighted by Gasteiger charge is -2.28. The fourth-order valence-electron chi connectivity index (χ4n) is 3.59. The first kappa shape index (κ1) is 13.7. The summed E-state index contributed by atoms with van der Waals surface area (Å²) in [6.07, 6.45) is 10.1. The Kier molecular flexibility index (Phi) is 5.68. The second-order valence-electron chi connectivity index (χ2n) is 6.13. The molecule has 2 fully saturated rings. The van der Waals surface area contributed by atoms with Crippen LogP contribution >= 0.6 is 11.8 Å². The van der Waals surface area contributed by atoms with E-state index in [1.54, 1.807) is 0 Å². The third-order valence-electron chi connectivity index (χ3n) is 4.53. The van der Waals surface area contributed by atoms with Crippen molar-refractivity contribution in [1.29, 1.82) is 0 Å². The number of rotatable bonds is 5. The second kappa shape index (κ2) is 7.04. The van der Waals surface area contributed by atoms with Crippen LogP contribution in [0.5, 0.6) is 0 Å². The summed E-state index contributed by atoms with van der Waals surface area (Å²) in [6.45, 7) is 6.00. The zero-order valence-corrected chi connectivity index (χ0v) is 12.4. The summed E-state index contributed by atoms with van der Waals surface area (Å²) in [7, 11) is 0. The van der Waals surface area contributed by atoms with Crippen molar-refractivity contribution < 1.29 is 0 Å². The van der Waals surface area contributed by atoms with E-state index in [2.05, 4.69) is 30.9 Å². The third-order valence-corrected chi connectivity index (χ3v) is 5.76. The largest absolute Gasteiger partial charge is 0.314 e. The van der Waals surface area contributed by atoms with Crippen molar-refractivity contribution in [3.63, 3.8) is 0 Å². The lowest BCUT2D eigenvalue weighted by molar-refractivity contribution is 0.267. The summed E-state index contributed by atoms with van der Waals surface area (Å²) < 4.78 is 0. The molecule has 4 atom stereocenters. The van der Waals surface area contributed by atoms with Crippen LogP contribution in [0.15, 0.2) is 0 Å². The number of hydrogen-bond donors (Lipinski definition) is 1. The molecule has 0 saturated heterocycles. The van der Waals surface area contributed by atoms with Crippen molar-refractivity contribution in [1.82, 2.24) is 5.32 Å². The van der Waals surface area contributed by atoms with Gasteiger partial charge in [-0.15, -0.1) is 0 Å². The fraction of sp³-hybridized carbons (Fsp3) is 1.00. The van der Waals surface area contributed by atoms with Gasteiger partial charge in [0.25, 0.3) is 0 Å². The molecule has 2 rings (SSSR count). The van der Waals surface area contributed by atoms with Gasteiger partial charge in [-0.3, -0.25) is 0 Å². The maximum atomic E-state index is 3.85. The molecule has 0 bridgehead atoms. The molecule has 4 unspecified atom stereocenters. The molecule has 2 heteroatoms. The van der Waals surface area contributed by atoms with Gasteiger partial charge < -0.3 is 5.32 Å². The Bertz CT molecular complexity index is 219. The van der Waals surface area contributed by atoms with Gasteiger partial charge in [-0.1, -0.05) is 26.7 Å². The van der Waals surface area contributed by atoms with Gasteiger partial charge in [0.2, 0.25) is 0 Å². The maximum absolute atomic E-state index is 3.85. The van der Waals surface area contributed by atoms with Crippen LogP contribution in [-0.2, 0) is 0 Å². The van der Waals surface area contributed by atoms with Crippen LogP contribution in [0.4, 0.5) is 0 Å². The molecule has 1 N–H and O–H groups in total. The molecule has 0 amide bonds. The fourth-order valence-corrected chi connectivity index (χ4v) is 4.73. The number of hydrogen-bond acceptors (Lipinski definition) is 2. The summed E-state index contributed by atoms with van der Waals surface area (Å²) in [6, 6.07) is 0.830. The standard InChI is InChI=1S/C15H29NS/c1-3-17-15-8-7-14(10-15)16-11-13-6-4-5-12(2)9-13/h12-16H,3-11H2,1-2H3. The minimum Gasteiger partial charge on any atom is -0.314 e. The van der Waals surface area contributed by atoms with Gasteiger partial charge in [0, 0.05) is 11.3 Å². The first-order valence-electron chi connectivity index (χ1n) is 7.63. The van der Waals surface area contributed by atoms with E-state index in [-0.39, 0.29) is 0 Å². The quantitative estimate of drug-likeness (QED) is 0.794. The average Bonchev–Trinajstić information content (AvgIpc) is 2.75. The highest BCUT2D eigenvalue weighted by molar-refractivity contribution is 7.99. The van der Waals surface area contributed by atoms with E-state index in [9.17, 15) is 0 Å². The summed E-state index contributed by atoms with van der Waals surface area (Å²) >= 11 is 2.16. The Labute approximate surface area is 112 Å². The Morgan fingerprint density at radius 1 is 1.12 bits per heavy atom. The van der Waals surface area contributed by atoms with Crippen LogP contribution in [0.1, 0.15) is 58.8 Å². The van der Waals surface area contributed by atoms with Crippen LogP contribution in [0.3, 0.4) is 0 Å². The topological polar surface area (TPSA) is 12.0 Å². The van der Waals surface area contributed by atoms with Gasteiger partial charge in [0.15, 0.2) is 0 Å². The monoisotopic (exact) mass is 255 g/mol. The van der Waals surface area contributed by atoms with E-state index in [0.717, 1.165) is 23.1 Å². The van der Waals surface area contributed by atoms with Crippen molar-refractivity contribution in [2.45, 2.75) is 70.1 Å². The molecule has 2 aliphatic rings. The lowest BCUT2D eigenvalue weighted by Crippen LogP contribution is -2.33. The van der Waals surface area contributed by atoms with Gasteiger partial charge in [-0.05, 0) is 56.2 Å². The van der Waals surface area contributed by atoms with Crippen molar-refractivity contribution in [2.75, 3.05) is 12.3 Å². The molecule has 17 heavy (non-hydrogen) atoms. The normalized spacial score (nSPS) is 38.5. The zero-order chi connectivity index (χ0) is 12.1. The first-order valence-corrected chi connectivity index (χ1v) is 8.67. The molecular formula is C15H29NS. The summed E-state index contributed by atoms with van der Waals surface area (Å²) in [5, 5.41) is 4.79. The molecule has 2 aliphatic carbocycles. The molecule has 0 aliphatic heterocycles. The van der Waals surface area contributed by atoms with Crippen molar-refractivity contribution in [2.24, 2.45) is 11.8 Å². The van der Waals surface area contributed by atoms with E-state index in [1.807, 2.05) is 0 Å². The predicted molar refractivity (Wildman–Crippen MR) is 78.7 cm³/mol. The second-order valence-corrected chi connectivity index (χ2v) is 7.71. The highest BCUT2D eigenvalue weighted by Crippen LogP contribution is 2.31. The van der Waals surface area contributed by atoms with E-state index in [4.69, 9.17) is 0 Å². The summed E-state index contributed by atoms with van der Waals surface area (Å²) in [4.78, 5) is 0. The third kappa shape index (κ3) is 4.48. The maximum Gasteiger partial charge on any atom is 0.00781 e. The molecular weight excluding hydrogens is 226 g/mol. The Hall–Kier alpha value is 0.310. The average molecular weight is 255 g/mol. The highest BCUT2D eigenvalue weighted by Gasteiger charge is 2.25. The molecule has 0 heterocycles. The predicted octanol–water partition coefficient (Wildman–Crippen LogP) is 4.08. The van der Waals surface area contributed by atoms with Crippen LogP contribution in [0.2, 0.25) is 0 Å². The molecule has 0 aromatic rings. The SMILES string of the molecule is CCSC1CCC(NCC2CCCC(C)C2)C1. The lowest BCUT2D eigenvalue weighted by atomic mass is 9.82. The Morgan fingerprint density at radius 3 is 2.76 bits per heavy atom. The first-order chi connectivity index (χ1) is 8.28. The van der Waals surface area contributed by atoms with Gasteiger partial charge in [-0.25, -0.2) is 0 Å². The van der Waals surface area contributed by atoms with E-state index >= 15 is 0 Å². The van der Waals surface area contributed by atoms with Crippen LogP contribution < -0.4 is 5.32 Å². The molecule has 0 aromatic heterocycles. The van der Waals surface area contributed by atoms with Gasteiger partial charge in [0.05, 0.1) is 0 Å². The number of thioether (sulfide) groups is 1. The van der Waals surface area contributed by atoms with E-state index in [1.165, 1.54) is 57.2 Å². The molecule has 1 nitrogen and oxygen atoms in total.